The summed E-state index contributed by atoms with van der Waals surface area (Å²) in [5.74, 6) is 0.590. The zero-order valence-corrected chi connectivity index (χ0v) is 14.4. The molecule has 0 saturated carbocycles. The molecule has 5 nitrogen and oxygen atoms in total. The lowest BCUT2D eigenvalue weighted by atomic mass is 10.2. The van der Waals surface area contributed by atoms with Crippen molar-refractivity contribution in [3.8, 4) is 11.4 Å². The van der Waals surface area contributed by atoms with Crippen LogP contribution in [0.3, 0.4) is 0 Å². The molecular formula is C16H13FIN5. The van der Waals surface area contributed by atoms with Gasteiger partial charge in [0.2, 0.25) is 5.95 Å². The summed E-state index contributed by atoms with van der Waals surface area (Å²) in [6.07, 6.45) is 1.70. The van der Waals surface area contributed by atoms with Gasteiger partial charge in [-0.1, -0.05) is 6.07 Å². The van der Waals surface area contributed by atoms with Gasteiger partial charge >= 0.3 is 0 Å². The molecule has 2 N–H and O–H groups in total. The molecule has 0 unspecified atom stereocenters. The van der Waals surface area contributed by atoms with Gasteiger partial charge in [-0.25, -0.2) is 9.37 Å². The maximum atomic E-state index is 14.0. The lowest BCUT2D eigenvalue weighted by Crippen LogP contribution is -2.03. The van der Waals surface area contributed by atoms with Crippen molar-refractivity contribution < 1.29 is 4.39 Å². The fourth-order valence-electron chi connectivity index (χ4n) is 2.00. The summed E-state index contributed by atoms with van der Waals surface area (Å²) in [6.45, 7) is 0. The highest BCUT2D eigenvalue weighted by molar-refractivity contribution is 14.1. The van der Waals surface area contributed by atoms with Crippen LogP contribution in [0, 0.1) is 9.39 Å². The van der Waals surface area contributed by atoms with E-state index in [1.165, 1.54) is 6.07 Å². The van der Waals surface area contributed by atoms with Crippen LogP contribution in [0.5, 0.6) is 0 Å². The van der Waals surface area contributed by atoms with Crippen LogP contribution in [0.2, 0.25) is 0 Å². The Kier molecular flexibility index (Phi) is 4.65. The Hall–Kier alpha value is -2.29. The van der Waals surface area contributed by atoms with E-state index in [1.807, 2.05) is 24.3 Å². The van der Waals surface area contributed by atoms with Gasteiger partial charge in [0, 0.05) is 22.9 Å². The van der Waals surface area contributed by atoms with Crippen molar-refractivity contribution in [1.29, 1.82) is 0 Å². The molecule has 116 valence electrons. The molecule has 1 aromatic carbocycles. The molecule has 3 rings (SSSR count). The van der Waals surface area contributed by atoms with Crippen molar-refractivity contribution >= 4 is 40.0 Å². The van der Waals surface area contributed by atoms with E-state index in [9.17, 15) is 4.39 Å². The SMILES string of the molecule is CNc1nc(Nc2ccc(I)cc2F)cc(-c2ccccn2)n1. The molecule has 0 fully saturated rings. The fraction of sp³-hybridized carbons (Fsp3) is 0.0625. The molecule has 0 atom stereocenters. The quantitative estimate of drug-likeness (QED) is 0.623. The average molecular weight is 421 g/mol. The van der Waals surface area contributed by atoms with Crippen LogP contribution < -0.4 is 10.6 Å². The molecule has 0 amide bonds. The summed E-state index contributed by atoms with van der Waals surface area (Å²) in [5, 5.41) is 5.89. The average Bonchev–Trinajstić information content (AvgIpc) is 2.58. The van der Waals surface area contributed by atoms with E-state index in [-0.39, 0.29) is 5.82 Å². The molecule has 23 heavy (non-hydrogen) atoms. The predicted molar refractivity (Wildman–Crippen MR) is 97.2 cm³/mol. The second kappa shape index (κ2) is 6.86. The summed E-state index contributed by atoms with van der Waals surface area (Å²) >= 11 is 2.07. The van der Waals surface area contributed by atoms with Gasteiger partial charge in [-0.2, -0.15) is 4.98 Å². The van der Waals surface area contributed by atoms with Crippen LogP contribution in [0.25, 0.3) is 11.4 Å². The molecule has 3 aromatic rings. The van der Waals surface area contributed by atoms with E-state index in [4.69, 9.17) is 0 Å². The molecule has 0 spiro atoms. The Labute approximate surface area is 146 Å². The second-order valence-electron chi connectivity index (χ2n) is 4.68. The molecule has 2 aromatic heterocycles. The fourth-order valence-corrected chi connectivity index (χ4v) is 2.45. The van der Waals surface area contributed by atoms with Crippen molar-refractivity contribution in [2.45, 2.75) is 0 Å². The molecule has 0 aliphatic carbocycles. The molecule has 0 aliphatic heterocycles. The Morgan fingerprint density at radius 3 is 2.61 bits per heavy atom. The number of nitrogens with zero attached hydrogens (tertiary/aromatic N) is 3. The monoisotopic (exact) mass is 421 g/mol. The lowest BCUT2D eigenvalue weighted by molar-refractivity contribution is 0.631. The number of rotatable bonds is 4. The first-order chi connectivity index (χ1) is 11.2. The standard InChI is InChI=1S/C16H13FIN5/c1-19-16-22-14(13-4-2-3-7-20-13)9-15(23-16)21-12-6-5-10(18)8-11(12)17/h2-9H,1H3,(H2,19,21,22,23). The molecular weight excluding hydrogens is 408 g/mol. The first kappa shape index (κ1) is 15.6. The van der Waals surface area contributed by atoms with E-state index in [1.54, 1.807) is 25.4 Å². The number of benzene rings is 1. The highest BCUT2D eigenvalue weighted by Crippen LogP contribution is 2.24. The Balaban J connectivity index is 1.99. The van der Waals surface area contributed by atoms with Gasteiger partial charge in [0.15, 0.2) is 0 Å². The zero-order chi connectivity index (χ0) is 16.2. The predicted octanol–water partition coefficient (Wildman–Crippen LogP) is 4.07. The molecule has 0 bridgehead atoms. The minimum absolute atomic E-state index is 0.332. The van der Waals surface area contributed by atoms with E-state index in [0.717, 1.165) is 9.26 Å². The van der Waals surface area contributed by atoms with E-state index >= 15 is 0 Å². The summed E-state index contributed by atoms with van der Waals surface area (Å²) < 4.78 is 14.8. The third-order valence-electron chi connectivity index (χ3n) is 3.07. The Morgan fingerprint density at radius 1 is 1.04 bits per heavy atom. The minimum Gasteiger partial charge on any atom is -0.357 e. The molecule has 2 heterocycles. The van der Waals surface area contributed by atoms with Crippen molar-refractivity contribution in [1.82, 2.24) is 15.0 Å². The Morgan fingerprint density at radius 2 is 1.91 bits per heavy atom. The maximum Gasteiger partial charge on any atom is 0.225 e. The molecule has 0 saturated heterocycles. The van der Waals surface area contributed by atoms with Crippen LogP contribution in [-0.4, -0.2) is 22.0 Å². The molecule has 0 aliphatic rings. The summed E-state index contributed by atoms with van der Waals surface area (Å²) in [4.78, 5) is 13.0. The summed E-state index contributed by atoms with van der Waals surface area (Å²) in [5.41, 5.74) is 1.73. The van der Waals surface area contributed by atoms with E-state index in [0.29, 0.717) is 23.1 Å². The number of hydrogen-bond acceptors (Lipinski definition) is 5. The first-order valence-corrected chi connectivity index (χ1v) is 7.94. The Bertz CT molecular complexity index is 826. The number of halogens is 2. The number of nitrogens with one attached hydrogen (secondary N) is 2. The highest BCUT2D eigenvalue weighted by atomic mass is 127. The summed E-state index contributed by atoms with van der Waals surface area (Å²) in [7, 11) is 1.73. The zero-order valence-electron chi connectivity index (χ0n) is 12.2. The van der Waals surface area contributed by atoms with Crippen molar-refractivity contribution in [3.05, 3.63) is 58.0 Å². The normalized spacial score (nSPS) is 10.4. The third kappa shape index (κ3) is 3.73. The maximum absolute atomic E-state index is 14.0. The van der Waals surface area contributed by atoms with Gasteiger partial charge in [0.05, 0.1) is 17.1 Å². The van der Waals surface area contributed by atoms with Crippen molar-refractivity contribution in [2.75, 3.05) is 17.7 Å². The topological polar surface area (TPSA) is 62.7 Å². The second-order valence-corrected chi connectivity index (χ2v) is 5.92. The van der Waals surface area contributed by atoms with Gasteiger partial charge in [-0.3, -0.25) is 4.98 Å². The van der Waals surface area contributed by atoms with Crippen LogP contribution in [-0.2, 0) is 0 Å². The molecule has 7 heteroatoms. The van der Waals surface area contributed by atoms with Crippen LogP contribution in [0.4, 0.5) is 21.8 Å². The minimum atomic E-state index is -0.332. The van der Waals surface area contributed by atoms with Gasteiger partial charge in [0.1, 0.15) is 11.6 Å². The van der Waals surface area contributed by atoms with E-state index < -0.39 is 0 Å². The third-order valence-corrected chi connectivity index (χ3v) is 3.74. The van der Waals surface area contributed by atoms with Gasteiger partial charge in [0.25, 0.3) is 0 Å². The summed E-state index contributed by atoms with van der Waals surface area (Å²) in [6, 6.07) is 12.3. The largest absolute Gasteiger partial charge is 0.357 e. The van der Waals surface area contributed by atoms with E-state index in [2.05, 4.69) is 48.2 Å². The smallest absolute Gasteiger partial charge is 0.225 e. The number of pyridine rings is 1. The molecule has 0 radical (unpaired) electrons. The number of anilines is 3. The van der Waals surface area contributed by atoms with Crippen LogP contribution in [0.1, 0.15) is 0 Å². The number of aromatic nitrogens is 3. The highest BCUT2D eigenvalue weighted by Gasteiger charge is 2.09. The van der Waals surface area contributed by atoms with Crippen LogP contribution in [0.15, 0.2) is 48.7 Å². The van der Waals surface area contributed by atoms with Gasteiger partial charge in [-0.05, 0) is 52.9 Å². The number of hydrogen-bond donors (Lipinski definition) is 2. The van der Waals surface area contributed by atoms with Gasteiger partial charge < -0.3 is 10.6 Å². The van der Waals surface area contributed by atoms with Crippen molar-refractivity contribution in [3.63, 3.8) is 0 Å². The van der Waals surface area contributed by atoms with Gasteiger partial charge in [-0.15, -0.1) is 0 Å². The van der Waals surface area contributed by atoms with Crippen LogP contribution >= 0.6 is 22.6 Å². The lowest BCUT2D eigenvalue weighted by Gasteiger charge is -2.10. The van der Waals surface area contributed by atoms with Crippen molar-refractivity contribution in [2.24, 2.45) is 0 Å². The first-order valence-electron chi connectivity index (χ1n) is 6.86.